The Morgan fingerprint density at radius 1 is 1.21 bits per heavy atom. The van der Waals surface area contributed by atoms with E-state index in [0.717, 1.165) is 6.54 Å². The number of hydrogen-bond donors (Lipinski definition) is 4. The summed E-state index contributed by atoms with van der Waals surface area (Å²) in [5.74, 6) is 0.518. The van der Waals surface area contributed by atoms with Crippen LogP contribution in [-0.4, -0.2) is 43.9 Å². The van der Waals surface area contributed by atoms with E-state index in [-0.39, 0.29) is 18.7 Å². The Labute approximate surface area is 116 Å². The summed E-state index contributed by atoms with van der Waals surface area (Å²) in [7, 11) is 1.86. The summed E-state index contributed by atoms with van der Waals surface area (Å²) in [6.07, 6.45) is 8.09. The molecule has 1 rings (SSSR count). The molecular formula is C14H29N3O2. The summed E-state index contributed by atoms with van der Waals surface area (Å²) in [6.45, 7) is 1.53. The van der Waals surface area contributed by atoms with Gasteiger partial charge >= 0.3 is 6.03 Å². The smallest absolute Gasteiger partial charge is 0.315 e. The highest BCUT2D eigenvalue weighted by Crippen LogP contribution is 2.26. The third-order valence-electron chi connectivity index (χ3n) is 3.89. The molecule has 5 nitrogen and oxygen atoms in total. The molecule has 5 heteroatoms. The number of nitrogens with one attached hydrogen (secondary N) is 3. The Kier molecular flexibility index (Phi) is 8.58. The molecule has 0 spiro atoms. The first-order valence-corrected chi connectivity index (χ1v) is 7.57. The molecule has 0 aromatic carbocycles. The molecule has 112 valence electrons. The van der Waals surface area contributed by atoms with Crippen molar-refractivity contribution < 1.29 is 9.90 Å². The molecule has 1 aliphatic carbocycles. The summed E-state index contributed by atoms with van der Waals surface area (Å²) in [4.78, 5) is 11.8. The van der Waals surface area contributed by atoms with Gasteiger partial charge in [0.15, 0.2) is 0 Å². The minimum Gasteiger partial charge on any atom is -0.396 e. The van der Waals surface area contributed by atoms with Crippen LogP contribution in [0.5, 0.6) is 0 Å². The first-order valence-electron chi connectivity index (χ1n) is 7.57. The van der Waals surface area contributed by atoms with E-state index in [0.29, 0.717) is 18.9 Å². The molecule has 0 radical (unpaired) electrons. The Bertz CT molecular complexity index is 241. The van der Waals surface area contributed by atoms with Gasteiger partial charge in [0.2, 0.25) is 0 Å². The monoisotopic (exact) mass is 271 g/mol. The molecule has 19 heavy (non-hydrogen) atoms. The van der Waals surface area contributed by atoms with Gasteiger partial charge in [0.25, 0.3) is 0 Å². The molecule has 0 saturated heterocycles. The predicted molar refractivity (Wildman–Crippen MR) is 77.1 cm³/mol. The van der Waals surface area contributed by atoms with E-state index in [2.05, 4.69) is 16.0 Å². The fraction of sp³-hybridized carbons (Fsp3) is 0.929. The van der Waals surface area contributed by atoms with Crippen molar-refractivity contribution in [1.82, 2.24) is 16.0 Å². The van der Waals surface area contributed by atoms with Crippen molar-refractivity contribution in [3.8, 4) is 0 Å². The first-order chi connectivity index (χ1) is 9.27. The van der Waals surface area contributed by atoms with E-state index >= 15 is 0 Å². The van der Waals surface area contributed by atoms with Crippen molar-refractivity contribution in [2.75, 3.05) is 26.7 Å². The van der Waals surface area contributed by atoms with Gasteiger partial charge in [-0.1, -0.05) is 25.7 Å². The highest BCUT2D eigenvalue weighted by atomic mass is 16.3. The van der Waals surface area contributed by atoms with Crippen molar-refractivity contribution in [3.05, 3.63) is 0 Å². The number of urea groups is 1. The molecule has 1 unspecified atom stereocenters. The number of rotatable bonds is 7. The normalized spacial score (nSPS) is 18.6. The first kappa shape index (κ1) is 16.2. The number of aliphatic hydroxyl groups excluding tert-OH is 1. The lowest BCUT2D eigenvalue weighted by Crippen LogP contribution is -2.47. The van der Waals surface area contributed by atoms with E-state index in [9.17, 15) is 9.90 Å². The zero-order valence-corrected chi connectivity index (χ0v) is 12.1. The third kappa shape index (κ3) is 6.78. The zero-order valence-electron chi connectivity index (χ0n) is 12.1. The standard InChI is InChI=1S/C14H29N3O2/c1-15-9-10-16-14(19)17-13(8-11-18)12-6-4-2-3-5-7-12/h12-13,15,18H,2-11H2,1H3,(H2,16,17,19). The van der Waals surface area contributed by atoms with Crippen LogP contribution in [0.4, 0.5) is 4.79 Å². The van der Waals surface area contributed by atoms with Crippen LogP contribution in [0.3, 0.4) is 0 Å². The van der Waals surface area contributed by atoms with Gasteiger partial charge < -0.3 is 21.1 Å². The Morgan fingerprint density at radius 2 is 1.89 bits per heavy atom. The van der Waals surface area contributed by atoms with Gasteiger partial charge in [-0.2, -0.15) is 0 Å². The number of carbonyl (C=O) groups is 1. The van der Waals surface area contributed by atoms with Gasteiger partial charge in [-0.3, -0.25) is 0 Å². The second-order valence-electron chi connectivity index (χ2n) is 5.37. The minimum absolute atomic E-state index is 0.109. The van der Waals surface area contributed by atoms with Gasteiger partial charge in [-0.15, -0.1) is 0 Å². The maximum Gasteiger partial charge on any atom is 0.315 e. The topological polar surface area (TPSA) is 73.4 Å². The summed E-state index contributed by atoms with van der Waals surface area (Å²) < 4.78 is 0. The van der Waals surface area contributed by atoms with E-state index in [1.54, 1.807) is 0 Å². The van der Waals surface area contributed by atoms with Crippen LogP contribution >= 0.6 is 0 Å². The molecule has 0 bridgehead atoms. The molecule has 2 amide bonds. The molecule has 1 atom stereocenters. The fourth-order valence-electron chi connectivity index (χ4n) is 2.80. The van der Waals surface area contributed by atoms with Crippen molar-refractivity contribution in [2.24, 2.45) is 5.92 Å². The number of aliphatic hydroxyl groups is 1. The molecule has 0 aromatic heterocycles. The summed E-state index contributed by atoms with van der Waals surface area (Å²) >= 11 is 0. The fourth-order valence-corrected chi connectivity index (χ4v) is 2.80. The average molecular weight is 271 g/mol. The molecule has 4 N–H and O–H groups in total. The highest BCUT2D eigenvalue weighted by Gasteiger charge is 2.23. The molecule has 0 aromatic rings. The van der Waals surface area contributed by atoms with Gasteiger partial charge in [-0.25, -0.2) is 4.79 Å². The van der Waals surface area contributed by atoms with Crippen LogP contribution < -0.4 is 16.0 Å². The van der Waals surface area contributed by atoms with Crippen LogP contribution in [0.2, 0.25) is 0 Å². The van der Waals surface area contributed by atoms with Crippen LogP contribution in [0.15, 0.2) is 0 Å². The van der Waals surface area contributed by atoms with Crippen LogP contribution in [0, 0.1) is 5.92 Å². The quantitative estimate of drug-likeness (QED) is 0.415. The lowest BCUT2D eigenvalue weighted by Gasteiger charge is -2.26. The Hall–Kier alpha value is -0.810. The maximum atomic E-state index is 11.8. The molecule has 0 heterocycles. The molecule has 1 saturated carbocycles. The largest absolute Gasteiger partial charge is 0.396 e. The van der Waals surface area contributed by atoms with E-state index in [1.165, 1.54) is 38.5 Å². The van der Waals surface area contributed by atoms with Crippen LogP contribution in [0.1, 0.15) is 44.9 Å². The molecule has 0 aliphatic heterocycles. The average Bonchev–Trinajstić information content (AvgIpc) is 2.67. The Balaban J connectivity index is 2.39. The summed E-state index contributed by atoms with van der Waals surface area (Å²) in [5, 5.41) is 18.0. The van der Waals surface area contributed by atoms with Crippen molar-refractivity contribution in [3.63, 3.8) is 0 Å². The van der Waals surface area contributed by atoms with Crippen molar-refractivity contribution in [2.45, 2.75) is 51.0 Å². The molecule has 1 aliphatic rings. The van der Waals surface area contributed by atoms with E-state index in [4.69, 9.17) is 0 Å². The van der Waals surface area contributed by atoms with Crippen LogP contribution in [0.25, 0.3) is 0 Å². The van der Waals surface area contributed by atoms with Gasteiger partial charge in [0.1, 0.15) is 0 Å². The highest BCUT2D eigenvalue weighted by molar-refractivity contribution is 5.74. The molecular weight excluding hydrogens is 242 g/mol. The lowest BCUT2D eigenvalue weighted by molar-refractivity contribution is 0.208. The number of amides is 2. The summed E-state index contributed by atoms with van der Waals surface area (Å²) in [5.41, 5.74) is 0. The number of likely N-dealkylation sites (N-methyl/N-ethyl adjacent to an activating group) is 1. The van der Waals surface area contributed by atoms with Crippen molar-refractivity contribution >= 4 is 6.03 Å². The van der Waals surface area contributed by atoms with E-state index in [1.807, 2.05) is 7.05 Å². The van der Waals surface area contributed by atoms with Crippen LogP contribution in [-0.2, 0) is 0 Å². The summed E-state index contributed by atoms with van der Waals surface area (Å²) in [6, 6.07) is -0.00404. The second-order valence-corrected chi connectivity index (χ2v) is 5.37. The predicted octanol–water partition coefficient (Wildman–Crippen LogP) is 1.23. The lowest BCUT2D eigenvalue weighted by atomic mass is 9.90. The minimum atomic E-state index is -0.113. The number of hydrogen-bond acceptors (Lipinski definition) is 3. The van der Waals surface area contributed by atoms with Crippen molar-refractivity contribution in [1.29, 1.82) is 0 Å². The van der Waals surface area contributed by atoms with Gasteiger partial charge in [0, 0.05) is 25.7 Å². The number of carbonyl (C=O) groups excluding carboxylic acids is 1. The van der Waals surface area contributed by atoms with Gasteiger partial charge in [-0.05, 0) is 32.2 Å². The SMILES string of the molecule is CNCCNC(=O)NC(CCO)C1CCCCCC1. The molecule has 1 fully saturated rings. The maximum absolute atomic E-state index is 11.8. The Morgan fingerprint density at radius 3 is 2.47 bits per heavy atom. The zero-order chi connectivity index (χ0) is 13.9. The van der Waals surface area contributed by atoms with E-state index < -0.39 is 0 Å². The second kappa shape index (κ2) is 10.0. The third-order valence-corrected chi connectivity index (χ3v) is 3.89. The van der Waals surface area contributed by atoms with Gasteiger partial charge in [0.05, 0.1) is 0 Å².